The molecule has 30 heavy (non-hydrogen) atoms. The number of amides is 2. The van der Waals surface area contributed by atoms with E-state index in [4.69, 9.17) is 39.5 Å². The molecule has 0 aliphatic carbocycles. The molecule has 0 unspecified atom stereocenters. The zero-order valence-electron chi connectivity index (χ0n) is 17.1. The first kappa shape index (κ1) is 24.3. The molecular formula is C22H25Cl3N2O3. The molecule has 8 heteroatoms. The van der Waals surface area contributed by atoms with Gasteiger partial charge in [0.25, 0.3) is 5.91 Å². The molecule has 1 atom stereocenters. The van der Waals surface area contributed by atoms with E-state index in [0.717, 1.165) is 0 Å². The SMILES string of the molecule is CC[C@@H](C(=O)NC(C)C)N(Cc1c(Cl)cccc1Cl)C(=O)COc1ccc(Cl)cc1. The predicted octanol–water partition coefficient (Wildman–Crippen LogP) is 5.36. The molecule has 5 nitrogen and oxygen atoms in total. The Morgan fingerprint density at radius 3 is 2.17 bits per heavy atom. The Bertz CT molecular complexity index is 852. The minimum Gasteiger partial charge on any atom is -0.484 e. The maximum Gasteiger partial charge on any atom is 0.261 e. The van der Waals surface area contributed by atoms with Gasteiger partial charge in [-0.3, -0.25) is 9.59 Å². The van der Waals surface area contributed by atoms with E-state index in [1.807, 2.05) is 20.8 Å². The van der Waals surface area contributed by atoms with Crippen molar-refractivity contribution in [2.24, 2.45) is 0 Å². The normalized spacial score (nSPS) is 11.8. The fraction of sp³-hybridized carbons (Fsp3) is 0.364. The molecule has 2 amide bonds. The molecular weight excluding hydrogens is 447 g/mol. The van der Waals surface area contributed by atoms with E-state index in [0.29, 0.717) is 32.8 Å². The minimum absolute atomic E-state index is 0.0577. The molecule has 0 saturated heterocycles. The molecule has 0 aromatic heterocycles. The second kappa shape index (κ2) is 11.4. The zero-order chi connectivity index (χ0) is 22.3. The first-order valence-electron chi connectivity index (χ1n) is 9.64. The summed E-state index contributed by atoms with van der Waals surface area (Å²) < 4.78 is 5.61. The summed E-state index contributed by atoms with van der Waals surface area (Å²) in [5.41, 5.74) is 0.580. The van der Waals surface area contributed by atoms with Crippen LogP contribution in [0.1, 0.15) is 32.8 Å². The van der Waals surface area contributed by atoms with Gasteiger partial charge in [0, 0.05) is 33.2 Å². The third kappa shape index (κ3) is 6.79. The Labute approximate surface area is 192 Å². The van der Waals surface area contributed by atoms with E-state index in [9.17, 15) is 9.59 Å². The van der Waals surface area contributed by atoms with Crippen LogP contribution >= 0.6 is 34.8 Å². The highest BCUT2D eigenvalue weighted by atomic mass is 35.5. The van der Waals surface area contributed by atoms with Crippen LogP contribution in [-0.4, -0.2) is 35.4 Å². The number of benzene rings is 2. The van der Waals surface area contributed by atoms with Crippen molar-refractivity contribution < 1.29 is 14.3 Å². The fourth-order valence-corrected chi connectivity index (χ4v) is 3.56. The lowest BCUT2D eigenvalue weighted by Gasteiger charge is -2.31. The highest BCUT2D eigenvalue weighted by Crippen LogP contribution is 2.27. The monoisotopic (exact) mass is 470 g/mol. The molecule has 0 aliphatic rings. The van der Waals surface area contributed by atoms with Gasteiger partial charge < -0.3 is 15.0 Å². The summed E-state index contributed by atoms with van der Waals surface area (Å²) in [7, 11) is 0. The number of hydrogen-bond acceptors (Lipinski definition) is 3. The van der Waals surface area contributed by atoms with E-state index in [-0.39, 0.29) is 31.0 Å². The predicted molar refractivity (Wildman–Crippen MR) is 121 cm³/mol. The van der Waals surface area contributed by atoms with E-state index >= 15 is 0 Å². The Morgan fingerprint density at radius 1 is 1.03 bits per heavy atom. The van der Waals surface area contributed by atoms with Gasteiger partial charge in [0.05, 0.1) is 0 Å². The average Bonchev–Trinajstić information content (AvgIpc) is 2.68. The standard InChI is InChI=1S/C22H25Cl3N2O3/c1-4-20(22(29)26-14(2)3)27(12-17-18(24)6-5-7-19(17)25)21(28)13-30-16-10-8-15(23)9-11-16/h5-11,14,20H,4,12-13H2,1-3H3,(H,26,29)/t20-/m0/s1. The number of ether oxygens (including phenoxy) is 1. The van der Waals surface area contributed by atoms with Crippen LogP contribution in [0.3, 0.4) is 0 Å². The van der Waals surface area contributed by atoms with Crippen LogP contribution in [0.25, 0.3) is 0 Å². The molecule has 0 heterocycles. The topological polar surface area (TPSA) is 58.6 Å². The van der Waals surface area contributed by atoms with Crippen molar-refractivity contribution in [3.8, 4) is 5.75 Å². The zero-order valence-corrected chi connectivity index (χ0v) is 19.4. The Hall–Kier alpha value is -1.95. The molecule has 162 valence electrons. The van der Waals surface area contributed by atoms with Crippen molar-refractivity contribution in [3.05, 3.63) is 63.1 Å². The number of nitrogens with zero attached hydrogens (tertiary/aromatic N) is 1. The van der Waals surface area contributed by atoms with E-state index in [2.05, 4.69) is 5.32 Å². The van der Waals surface area contributed by atoms with Gasteiger partial charge in [-0.2, -0.15) is 0 Å². The number of carbonyl (C=O) groups excluding carboxylic acids is 2. The third-order valence-corrected chi connectivity index (χ3v) is 5.34. The second-order valence-electron chi connectivity index (χ2n) is 7.05. The number of hydrogen-bond donors (Lipinski definition) is 1. The molecule has 0 aliphatic heterocycles. The van der Waals surface area contributed by atoms with Gasteiger partial charge in [0.1, 0.15) is 11.8 Å². The first-order valence-corrected chi connectivity index (χ1v) is 10.8. The molecule has 0 fully saturated rings. The molecule has 2 aromatic carbocycles. The lowest BCUT2D eigenvalue weighted by atomic mass is 10.1. The van der Waals surface area contributed by atoms with Gasteiger partial charge in [-0.05, 0) is 56.7 Å². The summed E-state index contributed by atoms with van der Waals surface area (Å²) in [5, 5.41) is 4.30. The number of nitrogens with one attached hydrogen (secondary N) is 1. The van der Waals surface area contributed by atoms with Gasteiger partial charge in [-0.25, -0.2) is 0 Å². The van der Waals surface area contributed by atoms with Crippen LogP contribution in [0.2, 0.25) is 15.1 Å². The van der Waals surface area contributed by atoms with Crippen LogP contribution in [0.15, 0.2) is 42.5 Å². The van der Waals surface area contributed by atoms with Crippen molar-refractivity contribution in [2.75, 3.05) is 6.61 Å². The van der Waals surface area contributed by atoms with Crippen LogP contribution in [-0.2, 0) is 16.1 Å². The Morgan fingerprint density at radius 2 is 1.63 bits per heavy atom. The molecule has 2 aromatic rings. The van der Waals surface area contributed by atoms with Gasteiger partial charge >= 0.3 is 0 Å². The van der Waals surface area contributed by atoms with Gasteiger partial charge in [0.2, 0.25) is 5.91 Å². The van der Waals surface area contributed by atoms with Crippen LogP contribution < -0.4 is 10.1 Å². The largest absolute Gasteiger partial charge is 0.484 e. The molecule has 0 bridgehead atoms. The molecule has 0 radical (unpaired) electrons. The highest BCUT2D eigenvalue weighted by molar-refractivity contribution is 6.36. The summed E-state index contributed by atoms with van der Waals surface area (Å²) in [6, 6.07) is 11.1. The number of rotatable bonds is 9. The van der Waals surface area contributed by atoms with Crippen LogP contribution in [0.5, 0.6) is 5.75 Å². The second-order valence-corrected chi connectivity index (χ2v) is 8.30. The van der Waals surface area contributed by atoms with E-state index in [1.54, 1.807) is 42.5 Å². The lowest BCUT2D eigenvalue weighted by Crippen LogP contribution is -2.51. The smallest absolute Gasteiger partial charge is 0.261 e. The minimum atomic E-state index is -0.693. The third-order valence-electron chi connectivity index (χ3n) is 4.38. The fourth-order valence-electron chi connectivity index (χ4n) is 2.91. The van der Waals surface area contributed by atoms with E-state index in [1.165, 1.54) is 4.90 Å². The van der Waals surface area contributed by atoms with Crippen molar-refractivity contribution in [1.82, 2.24) is 10.2 Å². The van der Waals surface area contributed by atoms with Crippen molar-refractivity contribution in [3.63, 3.8) is 0 Å². The molecule has 2 rings (SSSR count). The summed E-state index contributed by atoms with van der Waals surface area (Å²) in [6.45, 7) is 5.43. The quantitative estimate of drug-likeness (QED) is 0.536. The van der Waals surface area contributed by atoms with E-state index < -0.39 is 6.04 Å². The van der Waals surface area contributed by atoms with Gasteiger partial charge in [0.15, 0.2) is 6.61 Å². The van der Waals surface area contributed by atoms with Gasteiger partial charge in [-0.15, -0.1) is 0 Å². The summed E-state index contributed by atoms with van der Waals surface area (Å²) in [4.78, 5) is 27.3. The van der Waals surface area contributed by atoms with Crippen molar-refractivity contribution >= 4 is 46.6 Å². The Kier molecular flexibility index (Phi) is 9.28. The molecule has 0 saturated carbocycles. The summed E-state index contributed by atoms with van der Waals surface area (Å²) >= 11 is 18.5. The number of carbonyl (C=O) groups is 2. The van der Waals surface area contributed by atoms with Crippen molar-refractivity contribution in [1.29, 1.82) is 0 Å². The first-order chi connectivity index (χ1) is 14.2. The lowest BCUT2D eigenvalue weighted by molar-refractivity contribution is -0.143. The maximum atomic E-state index is 13.1. The maximum absolute atomic E-state index is 13.1. The van der Waals surface area contributed by atoms with Crippen LogP contribution in [0.4, 0.5) is 0 Å². The molecule has 0 spiro atoms. The summed E-state index contributed by atoms with van der Waals surface area (Å²) in [6.07, 6.45) is 0.424. The van der Waals surface area contributed by atoms with Crippen molar-refractivity contribution in [2.45, 2.75) is 45.8 Å². The number of halogens is 3. The van der Waals surface area contributed by atoms with Crippen LogP contribution in [0, 0.1) is 0 Å². The average molecular weight is 472 g/mol. The molecule has 1 N–H and O–H groups in total. The summed E-state index contributed by atoms with van der Waals surface area (Å²) in [5.74, 6) is -0.0923. The van der Waals surface area contributed by atoms with Gasteiger partial charge in [-0.1, -0.05) is 47.8 Å². The highest BCUT2D eigenvalue weighted by Gasteiger charge is 2.30. The Balaban J connectivity index is 2.27.